The van der Waals surface area contributed by atoms with Crippen LogP contribution in [0.15, 0.2) is 42.0 Å². The maximum absolute atomic E-state index is 9.06. The summed E-state index contributed by atoms with van der Waals surface area (Å²) in [6, 6.07) is 5.43. The fraction of sp³-hybridized carbons (Fsp3) is 0.333. The van der Waals surface area contributed by atoms with E-state index in [1.807, 2.05) is 24.2 Å². The Hall–Kier alpha value is -2.22. The summed E-state index contributed by atoms with van der Waals surface area (Å²) >= 11 is 11.8. The molecular formula is C18H23Cl2N5O2. The smallest absolute Gasteiger partial charge is 0.206 e. The third kappa shape index (κ3) is 8.81. The fourth-order valence-corrected chi connectivity index (χ4v) is 2.31. The Balaban J connectivity index is 0.000000273. The first-order valence-electron chi connectivity index (χ1n) is 8.21. The third-order valence-electron chi connectivity index (χ3n) is 3.33. The first-order chi connectivity index (χ1) is 13.0. The zero-order chi connectivity index (χ0) is 20.1. The number of benzene rings is 1. The number of rotatable bonds is 4. The van der Waals surface area contributed by atoms with Crippen molar-refractivity contribution >= 4 is 41.5 Å². The number of hydrogen-bond acceptors (Lipinski definition) is 6. The van der Waals surface area contributed by atoms with E-state index in [1.165, 1.54) is 6.33 Å². The maximum atomic E-state index is 9.06. The van der Waals surface area contributed by atoms with E-state index in [4.69, 9.17) is 33.1 Å². The lowest BCUT2D eigenvalue weighted by Crippen LogP contribution is -2.18. The van der Waals surface area contributed by atoms with Gasteiger partial charge in [-0.05, 0) is 37.1 Å². The van der Waals surface area contributed by atoms with E-state index in [0.717, 1.165) is 24.2 Å². The van der Waals surface area contributed by atoms with E-state index in [0.29, 0.717) is 22.4 Å². The van der Waals surface area contributed by atoms with Gasteiger partial charge in [0, 0.05) is 44.7 Å². The SMILES string of the molecule is CNC=O.Cc1cncnc1.OCC[C@@H]1C=NN(c2ccc(Cl)c(Cl)c2)C1. The van der Waals surface area contributed by atoms with Gasteiger partial charge in [0.2, 0.25) is 6.41 Å². The number of aromatic nitrogens is 2. The van der Waals surface area contributed by atoms with Gasteiger partial charge in [-0.15, -0.1) is 0 Å². The highest BCUT2D eigenvalue weighted by Gasteiger charge is 2.18. The molecule has 27 heavy (non-hydrogen) atoms. The minimum absolute atomic E-state index is 0.186. The lowest BCUT2D eigenvalue weighted by Gasteiger charge is -2.16. The van der Waals surface area contributed by atoms with Gasteiger partial charge in [0.15, 0.2) is 0 Å². The highest BCUT2D eigenvalue weighted by atomic mass is 35.5. The van der Waals surface area contributed by atoms with Crippen LogP contribution in [0.5, 0.6) is 0 Å². The summed E-state index contributed by atoms with van der Waals surface area (Å²) in [7, 11) is 1.56. The molecule has 3 rings (SSSR count). The Morgan fingerprint density at radius 2 is 1.96 bits per heavy atom. The van der Waals surface area contributed by atoms with E-state index in [2.05, 4.69) is 20.4 Å². The van der Waals surface area contributed by atoms with Gasteiger partial charge in [0.05, 0.1) is 15.7 Å². The molecule has 0 saturated heterocycles. The van der Waals surface area contributed by atoms with Crippen LogP contribution in [-0.4, -0.2) is 47.9 Å². The summed E-state index contributed by atoms with van der Waals surface area (Å²) in [6.07, 6.45) is 8.28. The molecule has 1 aliphatic rings. The van der Waals surface area contributed by atoms with Gasteiger partial charge in [-0.2, -0.15) is 5.10 Å². The van der Waals surface area contributed by atoms with E-state index in [9.17, 15) is 0 Å². The number of carbonyl (C=O) groups is 1. The number of amides is 1. The number of nitrogens with zero attached hydrogens (tertiary/aromatic N) is 4. The van der Waals surface area contributed by atoms with Crippen LogP contribution in [0.3, 0.4) is 0 Å². The van der Waals surface area contributed by atoms with Crippen molar-refractivity contribution in [3.8, 4) is 0 Å². The van der Waals surface area contributed by atoms with Gasteiger partial charge in [0.1, 0.15) is 6.33 Å². The number of nitrogens with one attached hydrogen (secondary N) is 1. The molecule has 0 fully saturated rings. The first kappa shape index (κ1) is 22.8. The van der Waals surface area contributed by atoms with Crippen LogP contribution in [-0.2, 0) is 4.79 Å². The summed E-state index contributed by atoms with van der Waals surface area (Å²) in [5.74, 6) is 0.305. The Bertz CT molecular complexity index is 716. The number of anilines is 1. The highest BCUT2D eigenvalue weighted by Crippen LogP contribution is 2.29. The lowest BCUT2D eigenvalue weighted by molar-refractivity contribution is -0.109. The van der Waals surface area contributed by atoms with Crippen molar-refractivity contribution in [3.05, 3.63) is 52.5 Å². The second-order valence-corrected chi connectivity index (χ2v) is 6.35. The number of aliphatic hydroxyl groups is 1. The molecule has 9 heteroatoms. The van der Waals surface area contributed by atoms with Crippen LogP contribution in [0.25, 0.3) is 0 Å². The van der Waals surface area contributed by atoms with Crippen LogP contribution in [0.2, 0.25) is 10.0 Å². The molecule has 0 unspecified atom stereocenters. The average molecular weight is 412 g/mol. The Kier molecular flexibility index (Phi) is 11.0. The van der Waals surface area contributed by atoms with Gasteiger partial charge in [-0.25, -0.2) is 9.97 Å². The van der Waals surface area contributed by atoms with Crippen molar-refractivity contribution < 1.29 is 9.90 Å². The number of hydrazone groups is 1. The number of hydrogen-bond donors (Lipinski definition) is 2. The summed E-state index contributed by atoms with van der Waals surface area (Å²) in [5, 5.41) is 18.3. The maximum Gasteiger partial charge on any atom is 0.206 e. The van der Waals surface area contributed by atoms with Crippen molar-refractivity contribution in [2.45, 2.75) is 13.3 Å². The number of aryl methyl sites for hydroxylation is 1. The molecule has 0 spiro atoms. The van der Waals surface area contributed by atoms with E-state index in [-0.39, 0.29) is 6.61 Å². The van der Waals surface area contributed by atoms with Crippen LogP contribution in [0.1, 0.15) is 12.0 Å². The van der Waals surface area contributed by atoms with Crippen LogP contribution in [0.4, 0.5) is 5.69 Å². The van der Waals surface area contributed by atoms with Crippen molar-refractivity contribution in [2.24, 2.45) is 11.0 Å². The topological polar surface area (TPSA) is 90.7 Å². The predicted molar refractivity (Wildman–Crippen MR) is 109 cm³/mol. The molecule has 146 valence electrons. The van der Waals surface area contributed by atoms with Gasteiger partial charge in [-0.1, -0.05) is 23.2 Å². The molecule has 1 aliphatic heterocycles. The van der Waals surface area contributed by atoms with Gasteiger partial charge in [-0.3, -0.25) is 9.80 Å². The minimum Gasteiger partial charge on any atom is -0.396 e. The molecule has 1 aromatic heterocycles. The zero-order valence-corrected chi connectivity index (χ0v) is 16.7. The van der Waals surface area contributed by atoms with E-state index in [1.54, 1.807) is 31.6 Å². The van der Waals surface area contributed by atoms with E-state index >= 15 is 0 Å². The van der Waals surface area contributed by atoms with Crippen LogP contribution in [0, 0.1) is 12.8 Å². The van der Waals surface area contributed by atoms with E-state index < -0.39 is 0 Å². The van der Waals surface area contributed by atoms with Gasteiger partial charge >= 0.3 is 0 Å². The number of halogens is 2. The molecule has 2 aromatic rings. The monoisotopic (exact) mass is 411 g/mol. The minimum atomic E-state index is 0.186. The molecule has 2 N–H and O–H groups in total. The first-order valence-corrected chi connectivity index (χ1v) is 8.97. The summed E-state index contributed by atoms with van der Waals surface area (Å²) in [5.41, 5.74) is 2.02. The molecule has 7 nitrogen and oxygen atoms in total. The van der Waals surface area contributed by atoms with Crippen molar-refractivity contribution in [2.75, 3.05) is 25.2 Å². The summed E-state index contributed by atoms with van der Waals surface area (Å²) in [4.78, 5) is 16.6. The largest absolute Gasteiger partial charge is 0.396 e. The normalized spacial score (nSPS) is 14.6. The number of aliphatic hydroxyl groups excluding tert-OH is 1. The second kappa shape index (κ2) is 13.0. The Morgan fingerprint density at radius 1 is 1.30 bits per heavy atom. The fourth-order valence-electron chi connectivity index (χ4n) is 2.01. The highest BCUT2D eigenvalue weighted by molar-refractivity contribution is 6.42. The van der Waals surface area contributed by atoms with Crippen molar-refractivity contribution in [3.63, 3.8) is 0 Å². The quantitative estimate of drug-likeness (QED) is 0.754. The van der Waals surface area contributed by atoms with Crippen LogP contribution >= 0.6 is 23.2 Å². The number of carbonyl (C=O) groups excluding carboxylic acids is 1. The Labute approximate surface area is 169 Å². The summed E-state index contributed by atoms with van der Waals surface area (Å²) in [6.45, 7) is 2.92. The van der Waals surface area contributed by atoms with Crippen molar-refractivity contribution in [1.29, 1.82) is 0 Å². The standard InChI is InChI=1S/C11H12Cl2N2O.C5H6N2.C2H5NO/c12-10-2-1-9(5-11(10)13)15-7-8(3-4-16)6-14-15;1-5-2-6-4-7-3-5;1-3-2-4/h1-2,5-6,8,16H,3-4,7H2;2-4H,1H3;2H,1H3,(H,3,4)/t8-;;/m1../s1. The van der Waals surface area contributed by atoms with Gasteiger partial charge in [0.25, 0.3) is 0 Å². The van der Waals surface area contributed by atoms with Crippen molar-refractivity contribution in [1.82, 2.24) is 15.3 Å². The van der Waals surface area contributed by atoms with Gasteiger partial charge < -0.3 is 10.4 Å². The molecule has 1 aromatic carbocycles. The second-order valence-electron chi connectivity index (χ2n) is 5.54. The molecule has 2 heterocycles. The van der Waals surface area contributed by atoms with Crippen LogP contribution < -0.4 is 10.3 Å². The predicted octanol–water partition coefficient (Wildman–Crippen LogP) is 2.95. The molecule has 0 aliphatic carbocycles. The summed E-state index contributed by atoms with van der Waals surface area (Å²) < 4.78 is 0. The molecule has 0 radical (unpaired) electrons. The molecule has 1 amide bonds. The molecular weight excluding hydrogens is 389 g/mol. The molecule has 0 saturated carbocycles. The third-order valence-corrected chi connectivity index (χ3v) is 4.07. The molecule has 1 atom stereocenters. The average Bonchev–Trinajstić information content (AvgIpc) is 3.14. The molecule has 0 bridgehead atoms. The lowest BCUT2D eigenvalue weighted by atomic mass is 10.1. The Morgan fingerprint density at radius 3 is 2.44 bits per heavy atom. The zero-order valence-electron chi connectivity index (χ0n) is 15.2.